The van der Waals surface area contributed by atoms with Gasteiger partial charge in [-0.2, -0.15) is 0 Å². The van der Waals surface area contributed by atoms with E-state index >= 15 is 0 Å². The summed E-state index contributed by atoms with van der Waals surface area (Å²) in [7, 11) is 0. The molecule has 7 nitrogen and oxygen atoms in total. The molecule has 0 bridgehead atoms. The van der Waals surface area contributed by atoms with E-state index in [0.717, 1.165) is 41.8 Å². The van der Waals surface area contributed by atoms with Crippen LogP contribution in [0.1, 0.15) is 23.7 Å². The van der Waals surface area contributed by atoms with Crippen LogP contribution in [0.2, 0.25) is 5.02 Å². The molecule has 0 radical (unpaired) electrons. The Kier molecular flexibility index (Phi) is 10.8. The molecule has 1 saturated heterocycles. The Labute approximate surface area is 210 Å². The summed E-state index contributed by atoms with van der Waals surface area (Å²) < 4.78 is 0. The molecule has 0 aliphatic carbocycles. The van der Waals surface area contributed by atoms with E-state index in [1.807, 2.05) is 42.3 Å². The van der Waals surface area contributed by atoms with Crippen molar-refractivity contribution in [3.05, 3.63) is 45.4 Å². The fourth-order valence-electron chi connectivity index (χ4n) is 3.21. The molecule has 10 heteroatoms. The third-order valence-corrected chi connectivity index (χ3v) is 6.29. The molecule has 31 heavy (non-hydrogen) atoms. The Hall–Kier alpha value is -1.59. The van der Waals surface area contributed by atoms with Gasteiger partial charge < -0.3 is 20.4 Å². The summed E-state index contributed by atoms with van der Waals surface area (Å²) in [5, 5.41) is 8.20. The Morgan fingerprint density at radius 1 is 1.16 bits per heavy atom. The van der Waals surface area contributed by atoms with Gasteiger partial charge in [-0.05, 0) is 37.6 Å². The number of guanidine groups is 1. The van der Waals surface area contributed by atoms with Crippen LogP contribution < -0.4 is 15.5 Å². The number of halogens is 2. The molecule has 1 fully saturated rings. The molecular weight excluding hydrogens is 547 g/mol. The normalized spacial score (nSPS) is 14.2. The number of rotatable bonds is 7. The van der Waals surface area contributed by atoms with Gasteiger partial charge in [-0.3, -0.25) is 4.79 Å². The van der Waals surface area contributed by atoms with Crippen molar-refractivity contribution in [2.45, 2.75) is 26.8 Å². The van der Waals surface area contributed by atoms with Crippen molar-refractivity contribution in [1.29, 1.82) is 0 Å². The van der Waals surface area contributed by atoms with Gasteiger partial charge in [-0.1, -0.05) is 18.5 Å². The molecule has 1 aliphatic heterocycles. The van der Waals surface area contributed by atoms with Crippen LogP contribution in [-0.2, 0) is 17.8 Å². The van der Waals surface area contributed by atoms with Crippen LogP contribution in [0.25, 0.3) is 0 Å². The first kappa shape index (κ1) is 25.7. The third kappa shape index (κ3) is 7.80. The summed E-state index contributed by atoms with van der Waals surface area (Å²) in [4.78, 5) is 26.9. The third-order valence-electron chi connectivity index (χ3n) is 4.90. The zero-order valence-corrected chi connectivity index (χ0v) is 21.8. The van der Waals surface area contributed by atoms with E-state index in [9.17, 15) is 4.79 Å². The SMILES string of the molecule is CCNC(=NCC(=O)N1CCN(c2ccc(Cl)cc2)CC1)NCc1ncc(CC)s1.I. The van der Waals surface area contributed by atoms with E-state index in [2.05, 4.69) is 32.4 Å². The van der Waals surface area contributed by atoms with E-state index in [1.54, 1.807) is 11.3 Å². The highest BCUT2D eigenvalue weighted by atomic mass is 127. The van der Waals surface area contributed by atoms with Crippen LogP contribution in [-0.4, -0.2) is 61.0 Å². The second-order valence-electron chi connectivity index (χ2n) is 6.97. The van der Waals surface area contributed by atoms with Gasteiger partial charge >= 0.3 is 0 Å². The number of aryl methyl sites for hydroxylation is 1. The number of amides is 1. The lowest BCUT2D eigenvalue weighted by molar-refractivity contribution is -0.129. The van der Waals surface area contributed by atoms with Crippen molar-refractivity contribution in [2.75, 3.05) is 44.2 Å². The number of hydrogen-bond donors (Lipinski definition) is 2. The number of nitrogens with one attached hydrogen (secondary N) is 2. The number of anilines is 1. The molecule has 1 amide bonds. The van der Waals surface area contributed by atoms with E-state index in [0.29, 0.717) is 25.6 Å². The van der Waals surface area contributed by atoms with Crippen LogP contribution in [0.5, 0.6) is 0 Å². The summed E-state index contributed by atoms with van der Waals surface area (Å²) in [5.74, 6) is 0.685. The second kappa shape index (κ2) is 13.1. The average molecular weight is 577 g/mol. The molecular formula is C21H30ClIN6OS. The van der Waals surface area contributed by atoms with Crippen LogP contribution in [0.3, 0.4) is 0 Å². The average Bonchev–Trinajstić information content (AvgIpc) is 3.24. The monoisotopic (exact) mass is 576 g/mol. The predicted octanol–water partition coefficient (Wildman–Crippen LogP) is 3.38. The number of nitrogens with zero attached hydrogens (tertiary/aromatic N) is 4. The van der Waals surface area contributed by atoms with Gasteiger partial charge in [-0.25, -0.2) is 9.98 Å². The highest BCUT2D eigenvalue weighted by Gasteiger charge is 2.21. The maximum absolute atomic E-state index is 12.6. The summed E-state index contributed by atoms with van der Waals surface area (Å²) >= 11 is 7.66. The summed E-state index contributed by atoms with van der Waals surface area (Å²) in [6.45, 7) is 8.60. The van der Waals surface area contributed by atoms with Gasteiger partial charge in [0.15, 0.2) is 5.96 Å². The number of benzene rings is 1. The molecule has 0 unspecified atom stereocenters. The van der Waals surface area contributed by atoms with Gasteiger partial charge in [0.1, 0.15) is 11.6 Å². The fourth-order valence-corrected chi connectivity index (χ4v) is 4.14. The zero-order valence-electron chi connectivity index (χ0n) is 17.9. The van der Waals surface area contributed by atoms with E-state index < -0.39 is 0 Å². The molecule has 2 heterocycles. The second-order valence-corrected chi connectivity index (χ2v) is 8.60. The predicted molar refractivity (Wildman–Crippen MR) is 140 cm³/mol. The van der Waals surface area contributed by atoms with Crippen molar-refractivity contribution in [2.24, 2.45) is 4.99 Å². The minimum atomic E-state index is 0. The fraction of sp³-hybridized carbons (Fsp3) is 0.476. The van der Waals surface area contributed by atoms with Gasteiger partial charge in [0.05, 0.1) is 6.54 Å². The lowest BCUT2D eigenvalue weighted by atomic mass is 10.2. The van der Waals surface area contributed by atoms with E-state index in [4.69, 9.17) is 11.6 Å². The van der Waals surface area contributed by atoms with Gasteiger partial charge in [-0.15, -0.1) is 35.3 Å². The van der Waals surface area contributed by atoms with Crippen molar-refractivity contribution in [3.63, 3.8) is 0 Å². The van der Waals surface area contributed by atoms with E-state index in [-0.39, 0.29) is 36.4 Å². The lowest BCUT2D eigenvalue weighted by Gasteiger charge is -2.36. The molecule has 1 aromatic heterocycles. The minimum Gasteiger partial charge on any atom is -0.368 e. The Bertz CT molecular complexity index is 852. The maximum atomic E-state index is 12.6. The molecule has 0 spiro atoms. The number of piperazine rings is 1. The maximum Gasteiger partial charge on any atom is 0.244 e. The summed E-state index contributed by atoms with van der Waals surface area (Å²) in [6, 6.07) is 7.83. The number of thiazole rings is 1. The van der Waals surface area contributed by atoms with Crippen LogP contribution in [0.4, 0.5) is 5.69 Å². The first-order chi connectivity index (χ1) is 14.6. The first-order valence-electron chi connectivity index (χ1n) is 10.3. The van der Waals surface area contributed by atoms with Crippen LogP contribution in [0, 0.1) is 0 Å². The summed E-state index contributed by atoms with van der Waals surface area (Å²) in [5.41, 5.74) is 1.14. The van der Waals surface area contributed by atoms with Crippen molar-refractivity contribution in [3.8, 4) is 0 Å². The Balaban J connectivity index is 0.00000341. The topological polar surface area (TPSA) is 72.9 Å². The number of aromatic nitrogens is 1. The minimum absolute atomic E-state index is 0. The largest absolute Gasteiger partial charge is 0.368 e. The van der Waals surface area contributed by atoms with Crippen molar-refractivity contribution < 1.29 is 4.79 Å². The molecule has 2 aromatic rings. The Morgan fingerprint density at radius 2 is 1.87 bits per heavy atom. The quantitative estimate of drug-likeness (QED) is 0.300. The highest BCUT2D eigenvalue weighted by molar-refractivity contribution is 14.0. The molecule has 0 atom stereocenters. The van der Waals surface area contributed by atoms with E-state index in [1.165, 1.54) is 4.88 Å². The van der Waals surface area contributed by atoms with Crippen LogP contribution >= 0.6 is 46.9 Å². The zero-order chi connectivity index (χ0) is 21.3. The molecule has 1 aromatic carbocycles. The molecule has 0 saturated carbocycles. The van der Waals surface area contributed by atoms with Crippen molar-refractivity contribution >= 4 is 64.5 Å². The number of aliphatic imine (C=N–C) groups is 1. The number of carbonyl (C=O) groups excluding carboxylic acids is 1. The van der Waals surface area contributed by atoms with Crippen LogP contribution in [0.15, 0.2) is 35.5 Å². The smallest absolute Gasteiger partial charge is 0.244 e. The molecule has 2 N–H and O–H groups in total. The first-order valence-corrected chi connectivity index (χ1v) is 11.5. The molecule has 3 rings (SSSR count). The van der Waals surface area contributed by atoms with Gasteiger partial charge in [0.2, 0.25) is 5.91 Å². The number of carbonyl (C=O) groups is 1. The molecule has 1 aliphatic rings. The van der Waals surface area contributed by atoms with Crippen molar-refractivity contribution in [1.82, 2.24) is 20.5 Å². The standard InChI is InChI=1S/C21H29ClN6OS.HI/c1-3-18-13-24-19(30-18)14-25-21(23-4-2)26-15-20(29)28-11-9-27(10-12-28)17-7-5-16(22)6-8-17;/h5-8,13H,3-4,9-12,14-15H2,1-2H3,(H2,23,25,26);1H. The molecule has 170 valence electrons. The van der Waals surface area contributed by atoms with Gasteiger partial charge in [0, 0.05) is 54.5 Å². The lowest BCUT2D eigenvalue weighted by Crippen LogP contribution is -2.49. The Morgan fingerprint density at radius 3 is 2.48 bits per heavy atom. The number of hydrogen-bond acceptors (Lipinski definition) is 5. The highest BCUT2D eigenvalue weighted by Crippen LogP contribution is 2.19. The van der Waals surface area contributed by atoms with Gasteiger partial charge in [0.25, 0.3) is 0 Å². The summed E-state index contributed by atoms with van der Waals surface area (Å²) in [6.07, 6.45) is 2.91.